The summed E-state index contributed by atoms with van der Waals surface area (Å²) >= 11 is 0. The summed E-state index contributed by atoms with van der Waals surface area (Å²) in [6.07, 6.45) is 0.682. The van der Waals surface area contributed by atoms with Crippen LogP contribution >= 0.6 is 0 Å². The lowest BCUT2D eigenvalue weighted by Gasteiger charge is -2.37. The third-order valence-corrected chi connectivity index (χ3v) is 5.82. The van der Waals surface area contributed by atoms with E-state index in [-0.39, 0.29) is 30.8 Å². The highest BCUT2D eigenvalue weighted by molar-refractivity contribution is 6.07. The van der Waals surface area contributed by atoms with E-state index >= 15 is 0 Å². The van der Waals surface area contributed by atoms with E-state index in [2.05, 4.69) is 5.32 Å². The Morgan fingerprint density at radius 1 is 1.13 bits per heavy atom. The van der Waals surface area contributed by atoms with Crippen LogP contribution in [0.2, 0.25) is 0 Å². The van der Waals surface area contributed by atoms with E-state index in [1.807, 2.05) is 25.1 Å². The molecule has 2 heterocycles. The Labute approximate surface area is 179 Å². The van der Waals surface area contributed by atoms with Crippen LogP contribution in [0.15, 0.2) is 48.5 Å². The molecule has 0 radical (unpaired) electrons. The number of carbonyl (C=O) groups is 3. The van der Waals surface area contributed by atoms with Gasteiger partial charge in [-0.3, -0.25) is 14.5 Å². The third kappa shape index (κ3) is 4.38. The Morgan fingerprint density at radius 3 is 2.52 bits per heavy atom. The van der Waals surface area contributed by atoms with Gasteiger partial charge < -0.3 is 15.0 Å². The first-order valence-corrected chi connectivity index (χ1v) is 10.2. The number of rotatable bonds is 5. The van der Waals surface area contributed by atoms with Crippen molar-refractivity contribution in [2.75, 3.05) is 19.7 Å². The van der Waals surface area contributed by atoms with Gasteiger partial charge in [-0.2, -0.15) is 0 Å². The van der Waals surface area contributed by atoms with Gasteiger partial charge in [0.2, 0.25) is 0 Å². The molecule has 0 bridgehead atoms. The van der Waals surface area contributed by atoms with Crippen LogP contribution in [0.5, 0.6) is 5.75 Å². The fourth-order valence-electron chi connectivity index (χ4n) is 4.01. The summed E-state index contributed by atoms with van der Waals surface area (Å²) in [5.41, 5.74) is 0.721. The van der Waals surface area contributed by atoms with Gasteiger partial charge >= 0.3 is 6.03 Å². The average molecular weight is 425 g/mol. The molecule has 2 saturated heterocycles. The number of urea groups is 1. The van der Waals surface area contributed by atoms with Gasteiger partial charge in [-0.15, -0.1) is 0 Å². The summed E-state index contributed by atoms with van der Waals surface area (Å²) in [5.74, 6) is -0.196. The van der Waals surface area contributed by atoms with E-state index in [9.17, 15) is 18.8 Å². The molecule has 2 aromatic rings. The number of amides is 4. The molecular weight excluding hydrogens is 401 g/mol. The fourth-order valence-corrected chi connectivity index (χ4v) is 4.01. The highest BCUT2D eigenvalue weighted by atomic mass is 19.1. The SMILES string of the molecule is Cc1cccc(OCC(=O)N2CCC3(CC2)NC(=O)N(Cc2ccc(F)cc2)C3=O)c1. The predicted octanol–water partition coefficient (Wildman–Crippen LogP) is 2.63. The van der Waals surface area contributed by atoms with Crippen molar-refractivity contribution in [3.8, 4) is 5.75 Å². The number of ether oxygens (including phenoxy) is 1. The highest BCUT2D eigenvalue weighted by Gasteiger charge is 2.52. The number of carbonyl (C=O) groups excluding carboxylic acids is 3. The molecule has 2 aliphatic rings. The van der Waals surface area contributed by atoms with E-state index in [1.165, 1.54) is 12.1 Å². The van der Waals surface area contributed by atoms with Gasteiger partial charge in [-0.25, -0.2) is 9.18 Å². The second-order valence-corrected chi connectivity index (χ2v) is 8.02. The number of nitrogens with one attached hydrogen (secondary N) is 1. The van der Waals surface area contributed by atoms with Crippen LogP contribution in [0.3, 0.4) is 0 Å². The quantitative estimate of drug-likeness (QED) is 0.747. The first-order chi connectivity index (χ1) is 14.9. The normalized spacial score (nSPS) is 17.7. The van der Waals surface area contributed by atoms with Crippen LogP contribution in [-0.2, 0) is 16.1 Å². The first kappa shape index (κ1) is 20.8. The molecule has 1 N–H and O–H groups in total. The average Bonchev–Trinajstić information content (AvgIpc) is 2.98. The van der Waals surface area contributed by atoms with Crippen LogP contribution < -0.4 is 10.1 Å². The molecule has 4 amide bonds. The number of benzene rings is 2. The minimum Gasteiger partial charge on any atom is -0.484 e. The summed E-state index contributed by atoms with van der Waals surface area (Å²) in [6.45, 7) is 2.66. The molecule has 7 nitrogen and oxygen atoms in total. The number of hydrogen-bond donors (Lipinski definition) is 1. The molecule has 2 fully saturated rings. The summed E-state index contributed by atoms with van der Waals surface area (Å²) in [4.78, 5) is 40.8. The van der Waals surface area contributed by atoms with Gasteiger partial charge in [-0.1, -0.05) is 24.3 Å². The third-order valence-electron chi connectivity index (χ3n) is 5.82. The van der Waals surface area contributed by atoms with Crippen LogP contribution in [0.1, 0.15) is 24.0 Å². The summed E-state index contributed by atoms with van der Waals surface area (Å²) in [7, 11) is 0. The molecule has 31 heavy (non-hydrogen) atoms. The minimum absolute atomic E-state index is 0.0759. The molecule has 4 rings (SSSR count). The molecule has 0 aromatic heterocycles. The van der Waals surface area contributed by atoms with Crippen molar-refractivity contribution in [3.05, 3.63) is 65.5 Å². The maximum atomic E-state index is 13.1. The van der Waals surface area contributed by atoms with Gasteiger partial charge in [0.05, 0.1) is 6.54 Å². The zero-order valence-electron chi connectivity index (χ0n) is 17.3. The van der Waals surface area contributed by atoms with Crippen LogP contribution in [0, 0.1) is 12.7 Å². The molecule has 0 saturated carbocycles. The van der Waals surface area contributed by atoms with Gasteiger partial charge in [0.1, 0.15) is 17.1 Å². The molecule has 2 aromatic carbocycles. The summed E-state index contributed by atoms with van der Waals surface area (Å²) in [5, 5.41) is 2.82. The van der Waals surface area contributed by atoms with Crippen molar-refractivity contribution in [1.29, 1.82) is 0 Å². The second-order valence-electron chi connectivity index (χ2n) is 8.02. The van der Waals surface area contributed by atoms with E-state index < -0.39 is 11.6 Å². The second kappa shape index (κ2) is 8.37. The van der Waals surface area contributed by atoms with Gasteiger partial charge in [0.25, 0.3) is 11.8 Å². The van der Waals surface area contributed by atoms with E-state index in [0.717, 1.165) is 10.5 Å². The first-order valence-electron chi connectivity index (χ1n) is 10.2. The highest BCUT2D eigenvalue weighted by Crippen LogP contribution is 2.30. The van der Waals surface area contributed by atoms with Gasteiger partial charge in [0.15, 0.2) is 6.61 Å². The molecule has 8 heteroatoms. The Kier molecular flexibility index (Phi) is 5.63. The fraction of sp³-hybridized carbons (Fsp3) is 0.348. The van der Waals surface area contributed by atoms with Gasteiger partial charge in [0, 0.05) is 13.1 Å². The van der Waals surface area contributed by atoms with E-state index in [0.29, 0.717) is 37.2 Å². The maximum Gasteiger partial charge on any atom is 0.325 e. The number of halogens is 1. The Bertz CT molecular complexity index is 1000. The molecule has 162 valence electrons. The Balaban J connectivity index is 1.33. The number of aryl methyl sites for hydroxylation is 1. The van der Waals surface area contributed by atoms with Crippen molar-refractivity contribution in [1.82, 2.24) is 15.1 Å². The van der Waals surface area contributed by atoms with Crippen molar-refractivity contribution in [2.45, 2.75) is 31.8 Å². The molecule has 2 aliphatic heterocycles. The number of piperidine rings is 1. The van der Waals surface area contributed by atoms with Crippen molar-refractivity contribution in [2.24, 2.45) is 0 Å². The number of imide groups is 1. The van der Waals surface area contributed by atoms with Crippen molar-refractivity contribution in [3.63, 3.8) is 0 Å². The number of likely N-dealkylation sites (tertiary alicyclic amines) is 1. The molecule has 0 unspecified atom stereocenters. The Morgan fingerprint density at radius 2 is 1.84 bits per heavy atom. The molecule has 0 atom stereocenters. The smallest absolute Gasteiger partial charge is 0.325 e. The van der Waals surface area contributed by atoms with Crippen LogP contribution in [-0.4, -0.2) is 52.9 Å². The van der Waals surface area contributed by atoms with Crippen molar-refractivity contribution >= 4 is 17.8 Å². The number of hydrogen-bond acceptors (Lipinski definition) is 4. The van der Waals surface area contributed by atoms with Crippen LogP contribution in [0.25, 0.3) is 0 Å². The summed E-state index contributed by atoms with van der Waals surface area (Å²) in [6, 6.07) is 12.7. The minimum atomic E-state index is -0.995. The Hall–Kier alpha value is -3.42. The zero-order valence-corrected chi connectivity index (χ0v) is 17.3. The maximum absolute atomic E-state index is 13.1. The molecule has 0 aliphatic carbocycles. The lowest BCUT2D eigenvalue weighted by Crippen LogP contribution is -2.56. The van der Waals surface area contributed by atoms with Crippen LogP contribution in [0.4, 0.5) is 9.18 Å². The van der Waals surface area contributed by atoms with Gasteiger partial charge in [-0.05, 0) is 55.2 Å². The molecular formula is C23H24FN3O4. The van der Waals surface area contributed by atoms with E-state index in [4.69, 9.17) is 4.74 Å². The topological polar surface area (TPSA) is 79.0 Å². The lowest BCUT2D eigenvalue weighted by atomic mass is 9.87. The monoisotopic (exact) mass is 425 g/mol. The summed E-state index contributed by atoms with van der Waals surface area (Å²) < 4.78 is 18.7. The lowest BCUT2D eigenvalue weighted by molar-refractivity contribution is -0.139. The van der Waals surface area contributed by atoms with E-state index in [1.54, 1.807) is 23.1 Å². The molecule has 1 spiro atoms. The zero-order chi connectivity index (χ0) is 22.0. The predicted molar refractivity (Wildman–Crippen MR) is 111 cm³/mol. The standard InChI is InChI=1S/C23H24FN3O4/c1-16-3-2-4-19(13-16)31-15-20(28)26-11-9-23(10-12-26)21(29)27(22(30)25-23)14-17-5-7-18(24)8-6-17/h2-8,13H,9-12,14-15H2,1H3,(H,25,30). The number of nitrogens with zero attached hydrogens (tertiary/aromatic N) is 2. The van der Waals surface area contributed by atoms with Crippen molar-refractivity contribution < 1.29 is 23.5 Å². The largest absolute Gasteiger partial charge is 0.484 e.